The van der Waals surface area contributed by atoms with Crippen LogP contribution < -0.4 is 0 Å². The molecule has 10 fully saturated rings. The maximum Gasteiger partial charge on any atom is 0.314 e. The number of allylic oxidation sites excluding steroid dienone is 2. The van der Waals surface area contributed by atoms with Gasteiger partial charge in [0, 0.05) is 21.0 Å². The highest BCUT2D eigenvalue weighted by Gasteiger charge is 2.81. The van der Waals surface area contributed by atoms with E-state index in [4.69, 9.17) is 75.8 Å². The quantitative estimate of drug-likeness (QED) is 0.0213. The number of carbonyl (C=O) groups is 3. The summed E-state index contributed by atoms with van der Waals surface area (Å²) in [6.07, 6.45) is -44.5. The lowest BCUT2D eigenvalue weighted by Gasteiger charge is -2.63. The van der Waals surface area contributed by atoms with Gasteiger partial charge in [0.2, 0.25) is 0 Å². The van der Waals surface area contributed by atoms with Crippen LogP contribution in [0.4, 0.5) is 0 Å². The summed E-state index contributed by atoms with van der Waals surface area (Å²) in [6, 6.07) is 0. The minimum absolute atomic E-state index is 0.120. The van der Waals surface area contributed by atoms with Crippen LogP contribution in [0.3, 0.4) is 0 Å². The monoisotopic (exact) mass is 1480 g/mol. The first-order chi connectivity index (χ1) is 48.5. The fourth-order valence-electron chi connectivity index (χ4n) is 19.5. The number of esters is 3. The van der Waals surface area contributed by atoms with E-state index in [1.807, 2.05) is 6.92 Å². The second-order valence-electron chi connectivity index (χ2n) is 31.8. The first-order valence-corrected chi connectivity index (χ1v) is 36.1. The van der Waals surface area contributed by atoms with Crippen molar-refractivity contribution in [2.24, 2.45) is 45.3 Å². The fraction of sp³-hybridized carbons (Fsp3) is 0.928. The van der Waals surface area contributed by atoms with Gasteiger partial charge in [-0.15, -0.1) is 0 Å². The largest absolute Gasteiger partial charge is 0.462 e. The molecular weight excluding hydrogens is 1370 g/mol. The second kappa shape index (κ2) is 31.4. The summed E-state index contributed by atoms with van der Waals surface area (Å²) >= 11 is 0. The molecule has 0 aromatic heterocycles. The van der Waals surface area contributed by atoms with Crippen LogP contribution in [0.2, 0.25) is 0 Å². The van der Waals surface area contributed by atoms with Crippen LogP contribution >= 0.6 is 0 Å². The van der Waals surface area contributed by atoms with E-state index in [-0.39, 0.29) is 24.2 Å². The van der Waals surface area contributed by atoms with E-state index in [1.165, 1.54) is 27.9 Å². The topological polar surface area (TPSA) is 502 Å². The first-order valence-electron chi connectivity index (χ1n) is 36.1. The summed E-state index contributed by atoms with van der Waals surface area (Å²) in [5.41, 5.74) is -3.40. The van der Waals surface area contributed by atoms with Gasteiger partial charge in [0.15, 0.2) is 43.3 Å². The molecule has 38 unspecified atom stereocenters. The smallest absolute Gasteiger partial charge is 0.314 e. The molecule has 7 aliphatic heterocycles. The average molecular weight is 1480 g/mol. The highest BCUT2D eigenvalue weighted by atomic mass is 16.8. The zero-order valence-corrected chi connectivity index (χ0v) is 59.9. The van der Waals surface area contributed by atoms with E-state index < -0.39 is 274 Å². The van der Waals surface area contributed by atoms with E-state index in [1.54, 1.807) is 0 Å². The number of aliphatic hydroxyl groups excluding tert-OH is 15. The first kappa shape index (κ1) is 81.0. The summed E-state index contributed by atoms with van der Waals surface area (Å²) < 4.78 is 96.9. The number of hydrogen-bond acceptors (Lipinski definition) is 34. The van der Waals surface area contributed by atoms with Crippen molar-refractivity contribution in [3.63, 3.8) is 0 Å². The van der Waals surface area contributed by atoms with E-state index in [2.05, 4.69) is 47.6 Å². The molecule has 1 spiro atoms. The predicted molar refractivity (Wildman–Crippen MR) is 342 cm³/mol. The third-order valence-electron chi connectivity index (χ3n) is 24.9. The van der Waals surface area contributed by atoms with E-state index >= 15 is 4.79 Å². The molecule has 7 saturated heterocycles. The Labute approximate surface area is 596 Å². The number of hydrogen-bond donors (Lipinski definition) is 15. The van der Waals surface area contributed by atoms with Crippen LogP contribution in [-0.2, 0) is 90.2 Å². The fourth-order valence-corrected chi connectivity index (χ4v) is 19.5. The number of carbonyl (C=O) groups excluding carboxylic acids is 3. The van der Waals surface area contributed by atoms with Crippen LogP contribution in [0.5, 0.6) is 0 Å². The molecule has 103 heavy (non-hydrogen) atoms. The molecule has 11 aliphatic rings. The highest BCUT2D eigenvalue weighted by molar-refractivity contribution is 5.84. The lowest BCUT2D eigenvalue weighted by Crippen LogP contribution is -2.67. The lowest BCUT2D eigenvalue weighted by molar-refractivity contribution is -0.394. The summed E-state index contributed by atoms with van der Waals surface area (Å²) in [5.74, 6) is -2.21. The molecule has 3 saturated carbocycles. The van der Waals surface area contributed by atoms with Crippen LogP contribution in [0, 0.1) is 45.3 Å². The minimum atomic E-state index is -2.07. The molecule has 34 heteroatoms. The van der Waals surface area contributed by atoms with Gasteiger partial charge in [-0.2, -0.15) is 0 Å². The third kappa shape index (κ3) is 14.4. The van der Waals surface area contributed by atoms with Crippen LogP contribution in [0.15, 0.2) is 11.6 Å². The molecule has 0 aromatic carbocycles. The molecule has 34 nitrogen and oxygen atoms in total. The van der Waals surface area contributed by atoms with Crippen molar-refractivity contribution in [2.45, 2.75) is 317 Å². The molecular formula is C69H110O34. The molecule has 4 aliphatic carbocycles. The van der Waals surface area contributed by atoms with E-state index in [0.29, 0.717) is 44.9 Å². The summed E-state index contributed by atoms with van der Waals surface area (Å²) in [5, 5.41) is 166. The zero-order chi connectivity index (χ0) is 75.2. The van der Waals surface area contributed by atoms with Gasteiger partial charge in [-0.1, -0.05) is 53.2 Å². The van der Waals surface area contributed by atoms with E-state index in [9.17, 15) is 86.2 Å². The SMILES string of the molecule is COC1C(O)C(CO)OC(OC2C(O)C(CO)OC(OC3COC(OC4CCC5(C)C6=CCC78C(=O)OC(C)(C(CCC(C)C)OC(C)=O)C7C(OC(C)=O)CC8(C)C6CCC5C4(C)C)C(OC4OC(C)C(OC5OCC(O)C(OC6OC(CO)C(O)C(O)C6O)C5O)C(O)C4O)C3O)C2O)C1O. The molecule has 11 rings (SSSR count). The number of methoxy groups -OCH3 is 1. The van der Waals surface area contributed by atoms with Gasteiger partial charge in [0.05, 0.1) is 56.6 Å². The van der Waals surface area contributed by atoms with Crippen molar-refractivity contribution in [3.8, 4) is 0 Å². The maximum atomic E-state index is 15.1. The number of ether oxygens (including phenoxy) is 16. The summed E-state index contributed by atoms with van der Waals surface area (Å²) in [4.78, 5) is 41.1. The van der Waals surface area contributed by atoms with Gasteiger partial charge in [-0.25, -0.2) is 0 Å². The second-order valence-corrected chi connectivity index (χ2v) is 31.8. The molecule has 0 bridgehead atoms. The Balaban J connectivity index is 0.846. The highest BCUT2D eigenvalue weighted by Crippen LogP contribution is 2.77. The van der Waals surface area contributed by atoms with Crippen molar-refractivity contribution in [2.75, 3.05) is 40.1 Å². The zero-order valence-electron chi connectivity index (χ0n) is 59.9. The van der Waals surface area contributed by atoms with Crippen molar-refractivity contribution in [1.29, 1.82) is 0 Å². The Morgan fingerprint density at radius 3 is 1.74 bits per heavy atom. The van der Waals surface area contributed by atoms with Gasteiger partial charge >= 0.3 is 17.9 Å². The van der Waals surface area contributed by atoms with E-state index in [0.717, 1.165) is 5.57 Å². The van der Waals surface area contributed by atoms with Crippen molar-refractivity contribution < 1.29 is 167 Å². The molecule has 0 amide bonds. The third-order valence-corrected chi connectivity index (χ3v) is 24.9. The maximum absolute atomic E-state index is 15.1. The number of rotatable bonds is 22. The Morgan fingerprint density at radius 2 is 1.12 bits per heavy atom. The van der Waals surface area contributed by atoms with Gasteiger partial charge < -0.3 is 152 Å². The standard InChI is InChI=1S/C69H110O34/c1-26(2)12-15-40(93-29(5)74)68(10)57-33(92-28(4)73)20-67(9)31-13-14-38-65(6,7)39(17-18-66(38,8)30(31)16-19-69(57,67)64(87)103-68)98-63-56(44(79)37(25-90-63)97-61-51(86)55(43(78)36(23-72)95-61)101-62-50(85)54(88-11)42(77)35(22-71)96-62)102-59-48(83)46(81)52(27(3)91-59)99-58-49(84)53(32(75)24-89-58)100-60-47(82)45(80)41(76)34(21-70)94-60/h16,26-27,31-63,70-72,75-86H,12-15,17-25H2,1-11H3. The van der Waals surface area contributed by atoms with Crippen LogP contribution in [-0.4, -0.2) is 331 Å². The summed E-state index contributed by atoms with van der Waals surface area (Å²) in [7, 11) is 1.18. The van der Waals surface area contributed by atoms with Gasteiger partial charge in [0.1, 0.15) is 140 Å². The Hall–Kier alpha value is -2.97. The number of aliphatic hydroxyl groups is 15. The molecule has 38 atom stereocenters. The number of cyclic esters (lactones) is 1. The summed E-state index contributed by atoms with van der Waals surface area (Å²) in [6.45, 7) is 14.9. The van der Waals surface area contributed by atoms with Gasteiger partial charge in [-0.3, -0.25) is 14.4 Å². The van der Waals surface area contributed by atoms with Gasteiger partial charge in [-0.05, 0) is 99.2 Å². The number of fused-ring (bicyclic) bond motifs is 4. The van der Waals surface area contributed by atoms with Crippen molar-refractivity contribution in [1.82, 2.24) is 0 Å². The average Bonchev–Trinajstić information content (AvgIpc) is 1.52. The molecule has 0 radical (unpaired) electrons. The van der Waals surface area contributed by atoms with Crippen LogP contribution in [0.25, 0.3) is 0 Å². The van der Waals surface area contributed by atoms with Gasteiger partial charge in [0.25, 0.3) is 0 Å². The predicted octanol–water partition coefficient (Wildman–Crippen LogP) is -3.94. The lowest BCUT2D eigenvalue weighted by atomic mass is 9.41. The van der Waals surface area contributed by atoms with Crippen molar-refractivity contribution >= 4 is 17.9 Å². The Bertz CT molecular complexity index is 2940. The normalized spacial score (nSPS) is 50.8. The molecule has 590 valence electrons. The molecule has 15 N–H and O–H groups in total. The Kier molecular flexibility index (Phi) is 24.7. The van der Waals surface area contributed by atoms with Crippen LogP contribution in [0.1, 0.15) is 121 Å². The molecule has 7 heterocycles. The molecule has 0 aromatic rings. The minimum Gasteiger partial charge on any atom is -0.462 e. The van der Waals surface area contributed by atoms with Crippen molar-refractivity contribution in [3.05, 3.63) is 11.6 Å². The Morgan fingerprint density at radius 1 is 0.563 bits per heavy atom.